The van der Waals surface area contributed by atoms with E-state index in [1.54, 1.807) is 23.6 Å². The predicted octanol–water partition coefficient (Wildman–Crippen LogP) is 3.34. The number of hydrogen-bond donors (Lipinski definition) is 2. The van der Waals surface area contributed by atoms with Gasteiger partial charge >= 0.3 is 11.8 Å². The second-order valence-corrected chi connectivity index (χ2v) is 7.62. The molecule has 0 unspecified atom stereocenters. The molecule has 4 rings (SSSR count). The van der Waals surface area contributed by atoms with Crippen molar-refractivity contribution in [3.8, 4) is 11.4 Å². The van der Waals surface area contributed by atoms with Crippen molar-refractivity contribution < 1.29 is 18.4 Å². The summed E-state index contributed by atoms with van der Waals surface area (Å²) in [5, 5.41) is 11.2. The Morgan fingerprint density at radius 3 is 2.61 bits per heavy atom. The first-order chi connectivity index (χ1) is 14.9. The molecule has 0 aliphatic carbocycles. The zero-order valence-corrected chi connectivity index (χ0v) is 17.2. The number of amides is 2. The van der Waals surface area contributed by atoms with E-state index in [4.69, 9.17) is 0 Å². The highest BCUT2D eigenvalue weighted by Gasteiger charge is 2.15. The molecule has 2 heterocycles. The molecule has 2 amide bonds. The van der Waals surface area contributed by atoms with E-state index in [1.165, 1.54) is 35.6 Å². The van der Waals surface area contributed by atoms with Crippen molar-refractivity contribution in [2.75, 3.05) is 11.9 Å². The zero-order valence-electron chi connectivity index (χ0n) is 16.4. The number of halogens is 2. The third-order valence-corrected chi connectivity index (χ3v) is 5.42. The van der Waals surface area contributed by atoms with Crippen molar-refractivity contribution >= 4 is 33.8 Å². The number of carbonyl (C=O) groups is 2. The number of nitrogens with zero attached hydrogens (tertiary/aromatic N) is 3. The highest BCUT2D eigenvalue weighted by Crippen LogP contribution is 2.21. The first-order valence-corrected chi connectivity index (χ1v) is 10.2. The van der Waals surface area contributed by atoms with Crippen LogP contribution in [0.15, 0.2) is 47.8 Å². The number of fused-ring (bicyclic) bond motifs is 1. The van der Waals surface area contributed by atoms with Crippen LogP contribution in [0, 0.1) is 18.6 Å². The molecule has 0 aliphatic rings. The number of aromatic nitrogens is 3. The summed E-state index contributed by atoms with van der Waals surface area (Å²) in [6.45, 7) is 1.80. The van der Waals surface area contributed by atoms with Gasteiger partial charge in [0.05, 0.1) is 5.69 Å². The van der Waals surface area contributed by atoms with Crippen LogP contribution in [0.4, 0.5) is 14.5 Å². The molecular formula is C21H17F2N5O2S. The predicted molar refractivity (Wildman–Crippen MR) is 113 cm³/mol. The number of carbonyl (C=O) groups excluding carboxylic acids is 2. The minimum Gasteiger partial charge on any atom is -0.347 e. The summed E-state index contributed by atoms with van der Waals surface area (Å²) in [7, 11) is 0. The molecule has 2 aromatic heterocycles. The number of rotatable bonds is 5. The van der Waals surface area contributed by atoms with Gasteiger partial charge in [-0.2, -0.15) is 4.98 Å². The lowest BCUT2D eigenvalue weighted by Gasteiger charge is -2.07. The lowest BCUT2D eigenvalue weighted by molar-refractivity contribution is -0.136. The van der Waals surface area contributed by atoms with Crippen molar-refractivity contribution in [2.24, 2.45) is 0 Å². The van der Waals surface area contributed by atoms with Crippen LogP contribution in [0.1, 0.15) is 11.3 Å². The van der Waals surface area contributed by atoms with Gasteiger partial charge in [0.2, 0.25) is 4.96 Å². The summed E-state index contributed by atoms with van der Waals surface area (Å²) < 4.78 is 28.3. The van der Waals surface area contributed by atoms with Crippen molar-refractivity contribution in [3.63, 3.8) is 0 Å². The molecule has 0 spiro atoms. The number of hydrogen-bond acceptors (Lipinski definition) is 5. The maximum atomic E-state index is 13.6. The topological polar surface area (TPSA) is 88.4 Å². The van der Waals surface area contributed by atoms with E-state index >= 15 is 0 Å². The third-order valence-electron chi connectivity index (χ3n) is 4.55. The fourth-order valence-corrected chi connectivity index (χ4v) is 3.72. The summed E-state index contributed by atoms with van der Waals surface area (Å²) in [5.41, 5.74) is 2.15. The lowest BCUT2D eigenvalue weighted by atomic mass is 10.2. The zero-order chi connectivity index (χ0) is 22.0. The summed E-state index contributed by atoms with van der Waals surface area (Å²) in [6, 6.07) is 10.1. The Kier molecular flexibility index (Phi) is 5.72. The molecule has 2 aromatic carbocycles. The molecule has 0 saturated carbocycles. The van der Waals surface area contributed by atoms with Gasteiger partial charge in [0.1, 0.15) is 11.6 Å². The summed E-state index contributed by atoms with van der Waals surface area (Å²) in [6.07, 6.45) is 0.421. The highest BCUT2D eigenvalue weighted by molar-refractivity contribution is 7.15. The van der Waals surface area contributed by atoms with E-state index in [1.807, 2.05) is 5.38 Å². The summed E-state index contributed by atoms with van der Waals surface area (Å²) >= 11 is 1.39. The van der Waals surface area contributed by atoms with Crippen LogP contribution in [-0.2, 0) is 16.0 Å². The summed E-state index contributed by atoms with van der Waals surface area (Å²) in [5.74, 6) is -2.02. The molecule has 31 heavy (non-hydrogen) atoms. The van der Waals surface area contributed by atoms with Crippen molar-refractivity contribution in [2.45, 2.75) is 13.3 Å². The van der Waals surface area contributed by atoms with Crippen LogP contribution in [0.2, 0.25) is 0 Å². The van der Waals surface area contributed by atoms with Gasteiger partial charge in [-0.05, 0) is 48.9 Å². The minimum atomic E-state index is -0.877. The van der Waals surface area contributed by atoms with Crippen LogP contribution in [0.5, 0.6) is 0 Å². The smallest absolute Gasteiger partial charge is 0.313 e. The van der Waals surface area contributed by atoms with Crippen LogP contribution in [0.25, 0.3) is 16.3 Å². The second kappa shape index (κ2) is 8.60. The van der Waals surface area contributed by atoms with Gasteiger partial charge in [-0.15, -0.1) is 16.4 Å². The Bertz CT molecular complexity index is 1270. The largest absolute Gasteiger partial charge is 0.347 e. The van der Waals surface area contributed by atoms with Crippen molar-refractivity contribution in [1.82, 2.24) is 19.9 Å². The Morgan fingerprint density at radius 2 is 1.87 bits per heavy atom. The van der Waals surface area contributed by atoms with E-state index in [9.17, 15) is 18.4 Å². The van der Waals surface area contributed by atoms with Gasteiger partial charge in [-0.25, -0.2) is 13.3 Å². The van der Waals surface area contributed by atoms with Crippen LogP contribution in [0.3, 0.4) is 0 Å². The SMILES string of the molecule is Cc1ccc(NC(=O)C(=O)NCCc2csc3nc(-c4ccc(F)cc4)nn23)cc1F. The molecule has 0 bridgehead atoms. The number of benzene rings is 2. The van der Waals surface area contributed by atoms with E-state index in [2.05, 4.69) is 20.7 Å². The van der Waals surface area contributed by atoms with Crippen LogP contribution in [-0.4, -0.2) is 33.0 Å². The minimum absolute atomic E-state index is 0.200. The average molecular weight is 441 g/mol. The van der Waals surface area contributed by atoms with Gasteiger partial charge in [-0.1, -0.05) is 6.07 Å². The Morgan fingerprint density at radius 1 is 1.10 bits per heavy atom. The molecule has 0 fully saturated rings. The number of anilines is 1. The summed E-state index contributed by atoms with van der Waals surface area (Å²) in [4.78, 5) is 29.1. The average Bonchev–Trinajstić information content (AvgIpc) is 3.33. The van der Waals surface area contributed by atoms with Crippen LogP contribution >= 0.6 is 11.3 Å². The number of nitrogens with one attached hydrogen (secondary N) is 2. The molecule has 0 radical (unpaired) electrons. The quantitative estimate of drug-likeness (QED) is 0.465. The van der Waals surface area contributed by atoms with Crippen molar-refractivity contribution in [3.05, 3.63) is 70.7 Å². The maximum absolute atomic E-state index is 13.6. The van der Waals surface area contributed by atoms with Gasteiger partial charge < -0.3 is 10.6 Å². The van der Waals surface area contributed by atoms with Crippen molar-refractivity contribution in [1.29, 1.82) is 0 Å². The molecule has 2 N–H and O–H groups in total. The fourth-order valence-electron chi connectivity index (χ4n) is 2.86. The number of thiazole rings is 1. The van der Waals surface area contributed by atoms with Gasteiger partial charge in [-0.3, -0.25) is 9.59 Å². The van der Waals surface area contributed by atoms with E-state index in [0.717, 1.165) is 11.8 Å². The maximum Gasteiger partial charge on any atom is 0.313 e. The fraction of sp³-hybridized carbons (Fsp3) is 0.143. The Balaban J connectivity index is 1.35. The lowest BCUT2D eigenvalue weighted by Crippen LogP contribution is -2.36. The van der Waals surface area contributed by atoms with Gasteiger partial charge in [0.25, 0.3) is 0 Å². The van der Waals surface area contributed by atoms with E-state index in [0.29, 0.717) is 28.3 Å². The molecule has 158 valence electrons. The molecule has 7 nitrogen and oxygen atoms in total. The molecule has 10 heteroatoms. The monoisotopic (exact) mass is 441 g/mol. The second-order valence-electron chi connectivity index (χ2n) is 6.79. The van der Waals surface area contributed by atoms with Crippen LogP contribution < -0.4 is 10.6 Å². The normalized spacial score (nSPS) is 10.9. The van der Waals surface area contributed by atoms with E-state index < -0.39 is 17.6 Å². The molecule has 4 aromatic rings. The molecule has 0 atom stereocenters. The standard InChI is InChI=1S/C21H17F2N5O2S/c1-12-2-7-15(10-17(12)23)25-20(30)19(29)24-9-8-16-11-31-21-26-18(27-28(16)21)13-3-5-14(22)6-4-13/h2-7,10-11H,8-9H2,1H3,(H,24,29)(H,25,30). The highest BCUT2D eigenvalue weighted by atomic mass is 32.1. The molecule has 0 saturated heterocycles. The Labute approximate surface area is 179 Å². The molecule has 0 aliphatic heterocycles. The third kappa shape index (κ3) is 4.58. The van der Waals surface area contributed by atoms with Gasteiger partial charge in [0.15, 0.2) is 5.82 Å². The number of aryl methyl sites for hydroxylation is 1. The van der Waals surface area contributed by atoms with E-state index in [-0.39, 0.29) is 18.0 Å². The first-order valence-electron chi connectivity index (χ1n) is 9.35. The van der Waals surface area contributed by atoms with Gasteiger partial charge in [0, 0.05) is 29.6 Å². The Hall–Kier alpha value is -3.66. The molecular weight excluding hydrogens is 424 g/mol. The first kappa shape index (κ1) is 20.6.